The van der Waals surface area contributed by atoms with Crippen LogP contribution in [0.2, 0.25) is 0 Å². The second-order valence-electron chi connectivity index (χ2n) is 5.16. The Labute approximate surface area is 127 Å². The molecule has 1 aromatic carbocycles. The maximum Gasteiger partial charge on any atom is 0.255 e. The number of rotatable bonds is 3. The van der Waals surface area contributed by atoms with Crippen molar-refractivity contribution in [2.24, 2.45) is 0 Å². The number of nitrogens with zero attached hydrogens (tertiary/aromatic N) is 1. The molecule has 3 rings (SSSR count). The molecule has 0 spiro atoms. The molecule has 0 radical (unpaired) electrons. The number of ether oxygens (including phenoxy) is 1. The molecule has 2 aromatic rings. The molecule has 0 aliphatic carbocycles. The van der Waals surface area contributed by atoms with Crippen LogP contribution in [0.25, 0.3) is 11.3 Å². The molecule has 2 heterocycles. The summed E-state index contributed by atoms with van der Waals surface area (Å²) in [6, 6.07) is 7.50. The Bertz CT molecular complexity index is 639. The van der Waals surface area contributed by atoms with Gasteiger partial charge < -0.3 is 10.5 Å². The first-order valence-corrected chi connectivity index (χ1v) is 7.77. The van der Waals surface area contributed by atoms with Crippen LogP contribution in [-0.4, -0.2) is 23.1 Å². The summed E-state index contributed by atoms with van der Waals surface area (Å²) in [5.74, 6) is -0.113. The van der Waals surface area contributed by atoms with Gasteiger partial charge in [0.05, 0.1) is 11.8 Å². The molecule has 0 saturated carbocycles. The Balaban J connectivity index is 1.67. The first-order chi connectivity index (χ1) is 10.1. The van der Waals surface area contributed by atoms with Crippen LogP contribution in [-0.2, 0) is 9.53 Å². The lowest BCUT2D eigenvalue weighted by atomic mass is 10.1. The molecule has 6 heteroatoms. The largest absolute Gasteiger partial charge is 0.399 e. The Morgan fingerprint density at radius 1 is 1.38 bits per heavy atom. The molecule has 1 aromatic heterocycles. The van der Waals surface area contributed by atoms with Crippen molar-refractivity contribution in [2.45, 2.75) is 32.0 Å². The van der Waals surface area contributed by atoms with Gasteiger partial charge in [0.15, 0.2) is 5.13 Å². The van der Waals surface area contributed by atoms with Crippen LogP contribution in [0.4, 0.5) is 10.8 Å². The third kappa shape index (κ3) is 3.22. The van der Waals surface area contributed by atoms with Gasteiger partial charge >= 0.3 is 0 Å². The number of carbonyl (C=O) groups excluding carboxylic acids is 1. The minimum atomic E-state index is -0.358. The summed E-state index contributed by atoms with van der Waals surface area (Å²) in [6.07, 6.45) is 1.49. The maximum atomic E-state index is 12.1. The predicted octanol–water partition coefficient (Wildman–Crippen LogP) is 2.90. The van der Waals surface area contributed by atoms with E-state index in [2.05, 4.69) is 10.3 Å². The highest BCUT2D eigenvalue weighted by atomic mass is 32.1. The van der Waals surface area contributed by atoms with E-state index in [0.29, 0.717) is 5.13 Å². The van der Waals surface area contributed by atoms with Crippen LogP contribution in [0.15, 0.2) is 29.6 Å². The molecule has 1 saturated heterocycles. The molecule has 1 aliphatic heterocycles. The smallest absolute Gasteiger partial charge is 0.255 e. The molecule has 1 aliphatic rings. The molecule has 1 fully saturated rings. The lowest BCUT2D eigenvalue weighted by Gasteiger charge is -2.09. The molecular weight excluding hydrogens is 286 g/mol. The molecule has 21 heavy (non-hydrogen) atoms. The first kappa shape index (κ1) is 14.0. The van der Waals surface area contributed by atoms with Crippen molar-refractivity contribution >= 4 is 28.1 Å². The molecule has 2 unspecified atom stereocenters. The zero-order chi connectivity index (χ0) is 14.8. The number of anilines is 2. The van der Waals surface area contributed by atoms with Gasteiger partial charge in [0.25, 0.3) is 5.91 Å². The number of nitrogen functional groups attached to an aromatic ring is 1. The number of nitrogens with one attached hydrogen (secondary N) is 1. The van der Waals surface area contributed by atoms with Crippen molar-refractivity contribution in [3.63, 3.8) is 0 Å². The van der Waals surface area contributed by atoms with Gasteiger partial charge in [-0.2, -0.15) is 0 Å². The fourth-order valence-corrected chi connectivity index (χ4v) is 3.02. The van der Waals surface area contributed by atoms with E-state index in [0.717, 1.165) is 29.8 Å². The van der Waals surface area contributed by atoms with Crippen LogP contribution in [0.3, 0.4) is 0 Å². The zero-order valence-corrected chi connectivity index (χ0v) is 12.5. The lowest BCUT2D eigenvalue weighted by molar-refractivity contribution is -0.126. The van der Waals surface area contributed by atoms with Gasteiger partial charge in [-0.05, 0) is 31.9 Å². The molecule has 110 valence electrons. The van der Waals surface area contributed by atoms with Crippen LogP contribution < -0.4 is 11.1 Å². The summed E-state index contributed by atoms with van der Waals surface area (Å²) >= 11 is 1.41. The number of nitrogens with two attached hydrogens (primary N) is 1. The zero-order valence-electron chi connectivity index (χ0n) is 11.7. The highest BCUT2D eigenvalue weighted by Gasteiger charge is 2.28. The highest BCUT2D eigenvalue weighted by Crippen LogP contribution is 2.26. The van der Waals surface area contributed by atoms with Gasteiger partial charge in [0.1, 0.15) is 6.10 Å². The summed E-state index contributed by atoms with van der Waals surface area (Å²) in [4.78, 5) is 16.5. The summed E-state index contributed by atoms with van der Waals surface area (Å²) in [5, 5.41) is 5.33. The van der Waals surface area contributed by atoms with Gasteiger partial charge in [0.2, 0.25) is 0 Å². The van der Waals surface area contributed by atoms with E-state index in [1.54, 1.807) is 0 Å². The third-order valence-electron chi connectivity index (χ3n) is 3.47. The Morgan fingerprint density at radius 3 is 2.81 bits per heavy atom. The molecular formula is C15H17N3O2S. The van der Waals surface area contributed by atoms with E-state index in [4.69, 9.17) is 10.5 Å². The van der Waals surface area contributed by atoms with E-state index in [1.165, 1.54) is 11.3 Å². The van der Waals surface area contributed by atoms with Gasteiger partial charge in [-0.15, -0.1) is 11.3 Å². The van der Waals surface area contributed by atoms with Crippen molar-refractivity contribution in [1.82, 2.24) is 4.98 Å². The first-order valence-electron chi connectivity index (χ1n) is 6.89. The Hall–Kier alpha value is -1.92. The summed E-state index contributed by atoms with van der Waals surface area (Å²) in [7, 11) is 0. The number of carbonyl (C=O) groups is 1. The van der Waals surface area contributed by atoms with E-state index in [9.17, 15) is 4.79 Å². The molecule has 0 bridgehead atoms. The number of hydrogen-bond acceptors (Lipinski definition) is 5. The second kappa shape index (κ2) is 5.83. The monoisotopic (exact) mass is 303 g/mol. The van der Waals surface area contributed by atoms with Gasteiger partial charge in [-0.3, -0.25) is 10.1 Å². The average Bonchev–Trinajstić information content (AvgIpc) is 3.09. The number of thiazole rings is 1. The molecule has 2 atom stereocenters. The van der Waals surface area contributed by atoms with Gasteiger partial charge in [-0.1, -0.05) is 12.1 Å². The average molecular weight is 303 g/mol. The topological polar surface area (TPSA) is 77.2 Å². The van der Waals surface area contributed by atoms with Crippen molar-refractivity contribution in [1.29, 1.82) is 0 Å². The minimum Gasteiger partial charge on any atom is -0.399 e. The fraction of sp³-hybridized carbons (Fsp3) is 0.333. The van der Waals surface area contributed by atoms with E-state index < -0.39 is 0 Å². The molecule has 3 N–H and O–H groups in total. The second-order valence-corrected chi connectivity index (χ2v) is 6.02. The van der Waals surface area contributed by atoms with Crippen LogP contribution >= 0.6 is 11.3 Å². The van der Waals surface area contributed by atoms with Crippen molar-refractivity contribution in [2.75, 3.05) is 11.1 Å². The SMILES string of the molecule is CC1CCC(C(=O)Nc2nc(-c3ccc(N)cc3)cs2)O1. The van der Waals surface area contributed by atoms with Crippen molar-refractivity contribution < 1.29 is 9.53 Å². The van der Waals surface area contributed by atoms with E-state index in [1.807, 2.05) is 36.6 Å². The fourth-order valence-electron chi connectivity index (χ4n) is 2.30. The number of hydrogen-bond donors (Lipinski definition) is 2. The maximum absolute atomic E-state index is 12.1. The number of aromatic nitrogens is 1. The quantitative estimate of drug-likeness (QED) is 0.855. The van der Waals surface area contributed by atoms with Crippen LogP contribution in [0, 0.1) is 0 Å². The molecule has 1 amide bonds. The highest BCUT2D eigenvalue weighted by molar-refractivity contribution is 7.14. The summed E-state index contributed by atoms with van der Waals surface area (Å²) in [6.45, 7) is 1.98. The van der Waals surface area contributed by atoms with Gasteiger partial charge in [-0.25, -0.2) is 4.98 Å². The van der Waals surface area contributed by atoms with E-state index >= 15 is 0 Å². The van der Waals surface area contributed by atoms with Crippen molar-refractivity contribution in [3.05, 3.63) is 29.6 Å². The summed E-state index contributed by atoms with van der Waals surface area (Å²) in [5.41, 5.74) is 8.19. The van der Waals surface area contributed by atoms with Crippen LogP contribution in [0.5, 0.6) is 0 Å². The minimum absolute atomic E-state index is 0.113. The standard InChI is InChI=1S/C15H17N3O2S/c1-9-2-7-13(20-9)14(19)18-15-17-12(8-21-15)10-3-5-11(16)6-4-10/h3-6,8-9,13H,2,7,16H2,1H3,(H,17,18,19). The summed E-state index contributed by atoms with van der Waals surface area (Å²) < 4.78 is 5.55. The Kier molecular flexibility index (Phi) is 3.90. The predicted molar refractivity (Wildman–Crippen MR) is 84.2 cm³/mol. The Morgan fingerprint density at radius 2 is 2.14 bits per heavy atom. The van der Waals surface area contributed by atoms with Crippen LogP contribution in [0.1, 0.15) is 19.8 Å². The normalized spacial score (nSPS) is 21.4. The number of benzene rings is 1. The van der Waals surface area contributed by atoms with E-state index in [-0.39, 0.29) is 18.1 Å². The third-order valence-corrected chi connectivity index (χ3v) is 4.22. The molecule has 5 nitrogen and oxygen atoms in total. The van der Waals surface area contributed by atoms with Gasteiger partial charge in [0, 0.05) is 16.6 Å². The van der Waals surface area contributed by atoms with Crippen molar-refractivity contribution in [3.8, 4) is 11.3 Å². The number of amides is 1. The lowest BCUT2D eigenvalue weighted by Crippen LogP contribution is -2.27.